The molecule has 0 amide bonds. The van der Waals surface area contributed by atoms with Gasteiger partial charge in [0.2, 0.25) is 0 Å². The normalized spacial score (nSPS) is 13.7. The molecular formula is C74H48N2. The molecule has 13 aromatic rings. The number of aromatic nitrogens is 1. The Morgan fingerprint density at radius 2 is 0.645 bits per heavy atom. The third-order valence-corrected chi connectivity index (χ3v) is 17.1. The van der Waals surface area contributed by atoms with Gasteiger partial charge < -0.3 is 9.47 Å². The summed E-state index contributed by atoms with van der Waals surface area (Å²) in [5.74, 6) is 0. The summed E-state index contributed by atoms with van der Waals surface area (Å²) < 4.78 is 2.45. The summed E-state index contributed by atoms with van der Waals surface area (Å²) >= 11 is 0. The third kappa shape index (κ3) is 5.81. The second kappa shape index (κ2) is 16.4. The molecule has 1 heterocycles. The van der Waals surface area contributed by atoms with Gasteiger partial charge in [-0.05, 0) is 156 Å². The molecule has 1 spiro atoms. The fourth-order valence-corrected chi connectivity index (χ4v) is 14.1. The van der Waals surface area contributed by atoms with Crippen LogP contribution in [0.3, 0.4) is 0 Å². The molecule has 3 aliphatic carbocycles. The number of rotatable bonds is 7. The van der Waals surface area contributed by atoms with Gasteiger partial charge in [-0.15, -0.1) is 0 Å². The first kappa shape index (κ1) is 42.7. The van der Waals surface area contributed by atoms with Gasteiger partial charge in [0, 0.05) is 33.5 Å². The second-order valence-electron chi connectivity index (χ2n) is 20.7. The molecule has 0 unspecified atom stereocenters. The van der Waals surface area contributed by atoms with Crippen LogP contribution in [0.5, 0.6) is 0 Å². The van der Waals surface area contributed by atoms with Gasteiger partial charge in [-0.3, -0.25) is 0 Å². The molecule has 16 rings (SSSR count). The zero-order chi connectivity index (χ0) is 50.0. The Labute approximate surface area is 442 Å². The zero-order valence-electron chi connectivity index (χ0n) is 41.6. The molecule has 2 heteroatoms. The zero-order valence-corrected chi connectivity index (χ0v) is 41.6. The summed E-state index contributed by atoms with van der Waals surface area (Å²) in [5, 5.41) is 2.40. The molecule has 0 atom stereocenters. The number of nitrogens with zero attached hydrogens (tertiary/aromatic N) is 2. The maximum Gasteiger partial charge on any atom is 0.0725 e. The van der Waals surface area contributed by atoms with E-state index < -0.39 is 10.8 Å². The fraction of sp³-hybridized carbons (Fsp3) is 0.0270. The number of anilines is 3. The van der Waals surface area contributed by atoms with Crippen molar-refractivity contribution in [1.29, 1.82) is 0 Å². The van der Waals surface area contributed by atoms with E-state index in [1.807, 2.05) is 0 Å². The van der Waals surface area contributed by atoms with Crippen LogP contribution in [0, 0.1) is 0 Å². The van der Waals surface area contributed by atoms with Crippen molar-refractivity contribution in [2.45, 2.75) is 10.8 Å². The van der Waals surface area contributed by atoms with Crippen LogP contribution in [0.4, 0.5) is 17.1 Å². The monoisotopic (exact) mass is 964 g/mol. The van der Waals surface area contributed by atoms with Gasteiger partial charge in [-0.1, -0.05) is 224 Å². The molecular weight excluding hydrogens is 917 g/mol. The van der Waals surface area contributed by atoms with Crippen LogP contribution in [0.15, 0.2) is 291 Å². The summed E-state index contributed by atoms with van der Waals surface area (Å²) in [6, 6.07) is 109. The number of fused-ring (bicyclic) bond motifs is 16. The van der Waals surface area contributed by atoms with Gasteiger partial charge in [0.1, 0.15) is 0 Å². The molecule has 0 aliphatic heterocycles. The Morgan fingerprint density at radius 1 is 0.250 bits per heavy atom. The Bertz CT molecular complexity index is 4360. The van der Waals surface area contributed by atoms with Crippen LogP contribution >= 0.6 is 0 Å². The molecule has 76 heavy (non-hydrogen) atoms. The predicted octanol–water partition coefficient (Wildman–Crippen LogP) is 18.6. The summed E-state index contributed by atoms with van der Waals surface area (Å²) in [7, 11) is 0. The van der Waals surface area contributed by atoms with E-state index in [1.165, 1.54) is 105 Å². The van der Waals surface area contributed by atoms with Crippen molar-refractivity contribution < 1.29 is 0 Å². The Kier molecular flexibility index (Phi) is 9.20. The Morgan fingerprint density at radius 3 is 1.21 bits per heavy atom. The molecule has 0 fully saturated rings. The quantitative estimate of drug-likeness (QED) is 0.155. The number of benzene rings is 12. The first-order valence-electron chi connectivity index (χ1n) is 26.5. The second-order valence-corrected chi connectivity index (χ2v) is 20.7. The standard InChI is InChI=1S/C74H48N2/c1-4-20-49(21-5-1)50-36-39-54(40-37-50)75(55-41-43-70-62(47-55)61-30-14-19-35-69(61)74(70)67-33-17-12-28-59(67)60-29-13-18-34-68(60)74)56-42-45-72-64(48-56)63-46-52(38-44-71(63)76(72)53-24-8-3-9-25-53)73(51-22-6-2-7-23-51)65-31-15-10-26-57(65)58-27-11-16-32-66(58)73/h1-48H. The minimum Gasteiger partial charge on any atom is -0.310 e. The van der Waals surface area contributed by atoms with Crippen LogP contribution in [0.25, 0.3) is 72.0 Å². The van der Waals surface area contributed by atoms with E-state index in [2.05, 4.69) is 301 Å². The van der Waals surface area contributed by atoms with Gasteiger partial charge in [0.05, 0.1) is 21.9 Å². The van der Waals surface area contributed by atoms with E-state index in [0.29, 0.717) is 0 Å². The largest absolute Gasteiger partial charge is 0.310 e. The highest BCUT2D eigenvalue weighted by Gasteiger charge is 2.52. The number of hydrogen-bond donors (Lipinski definition) is 0. The molecule has 0 saturated heterocycles. The molecule has 3 aliphatic rings. The summed E-state index contributed by atoms with van der Waals surface area (Å²) in [4.78, 5) is 2.48. The van der Waals surface area contributed by atoms with Crippen LogP contribution in [-0.2, 0) is 10.8 Å². The maximum atomic E-state index is 2.51. The Hall–Kier alpha value is -9.76. The smallest absolute Gasteiger partial charge is 0.0725 e. The van der Waals surface area contributed by atoms with Crippen LogP contribution in [0.1, 0.15) is 44.5 Å². The summed E-state index contributed by atoms with van der Waals surface area (Å²) in [6.07, 6.45) is 0. The van der Waals surface area contributed by atoms with Crippen molar-refractivity contribution in [2.75, 3.05) is 4.90 Å². The van der Waals surface area contributed by atoms with Crippen molar-refractivity contribution in [1.82, 2.24) is 4.57 Å². The predicted molar refractivity (Wildman–Crippen MR) is 315 cm³/mol. The van der Waals surface area contributed by atoms with E-state index in [0.717, 1.165) is 28.3 Å². The van der Waals surface area contributed by atoms with Crippen LogP contribution in [0.2, 0.25) is 0 Å². The lowest BCUT2D eigenvalue weighted by Gasteiger charge is -2.34. The van der Waals surface area contributed by atoms with Crippen molar-refractivity contribution in [3.05, 3.63) is 336 Å². The van der Waals surface area contributed by atoms with Crippen molar-refractivity contribution in [2.24, 2.45) is 0 Å². The molecule has 0 bridgehead atoms. The SMILES string of the molecule is c1ccc(-c2ccc(N(c3ccc4c(c3)-c3ccccc3C43c4ccccc4-c4ccccc43)c3ccc4c(c3)c3cc(C5(c6ccccc6)c6ccccc6-c6ccccc65)ccc3n4-c3ccccc3)cc2)cc1. The first-order chi connectivity index (χ1) is 37.7. The van der Waals surface area contributed by atoms with Gasteiger partial charge in [0.25, 0.3) is 0 Å². The van der Waals surface area contributed by atoms with Crippen molar-refractivity contribution in [3.63, 3.8) is 0 Å². The van der Waals surface area contributed by atoms with Crippen molar-refractivity contribution >= 4 is 38.9 Å². The number of hydrogen-bond acceptors (Lipinski definition) is 1. The topological polar surface area (TPSA) is 8.17 Å². The molecule has 0 saturated carbocycles. The van der Waals surface area contributed by atoms with E-state index in [9.17, 15) is 0 Å². The third-order valence-electron chi connectivity index (χ3n) is 17.1. The highest BCUT2D eigenvalue weighted by molar-refractivity contribution is 6.11. The van der Waals surface area contributed by atoms with Gasteiger partial charge in [-0.2, -0.15) is 0 Å². The van der Waals surface area contributed by atoms with Crippen LogP contribution in [-0.4, -0.2) is 4.57 Å². The number of para-hydroxylation sites is 1. The minimum atomic E-state index is -0.535. The van der Waals surface area contributed by atoms with Gasteiger partial charge >= 0.3 is 0 Å². The van der Waals surface area contributed by atoms with E-state index >= 15 is 0 Å². The van der Waals surface area contributed by atoms with E-state index in [1.54, 1.807) is 0 Å². The van der Waals surface area contributed by atoms with Gasteiger partial charge in [0.15, 0.2) is 0 Å². The lowest BCUT2D eigenvalue weighted by atomic mass is 9.67. The first-order valence-corrected chi connectivity index (χ1v) is 26.5. The molecule has 12 aromatic carbocycles. The highest BCUT2D eigenvalue weighted by Crippen LogP contribution is 2.63. The Balaban J connectivity index is 0.947. The van der Waals surface area contributed by atoms with Gasteiger partial charge in [-0.25, -0.2) is 0 Å². The highest BCUT2D eigenvalue weighted by atomic mass is 15.1. The minimum absolute atomic E-state index is 0.423. The molecule has 2 nitrogen and oxygen atoms in total. The lowest BCUT2D eigenvalue weighted by molar-refractivity contribution is 0.770. The molecule has 0 N–H and O–H groups in total. The fourth-order valence-electron chi connectivity index (χ4n) is 14.1. The maximum absolute atomic E-state index is 2.51. The average molecular weight is 965 g/mol. The summed E-state index contributed by atoms with van der Waals surface area (Å²) in [6.45, 7) is 0. The van der Waals surface area contributed by atoms with Crippen molar-refractivity contribution in [3.8, 4) is 50.2 Å². The molecule has 0 radical (unpaired) electrons. The average Bonchev–Trinajstić information content (AvgIpc) is 4.25. The molecule has 354 valence electrons. The summed E-state index contributed by atoms with van der Waals surface area (Å²) in [5.41, 5.74) is 26.4. The van der Waals surface area contributed by atoms with E-state index in [-0.39, 0.29) is 0 Å². The lowest BCUT2D eigenvalue weighted by Crippen LogP contribution is -2.28. The van der Waals surface area contributed by atoms with Crippen LogP contribution < -0.4 is 4.90 Å². The van der Waals surface area contributed by atoms with E-state index in [4.69, 9.17) is 0 Å². The molecule has 1 aromatic heterocycles.